The van der Waals surface area contributed by atoms with Crippen LogP contribution in [0.2, 0.25) is 0 Å². The van der Waals surface area contributed by atoms with Gasteiger partial charge in [0.2, 0.25) is 0 Å². The molecule has 3 saturated heterocycles. The lowest BCUT2D eigenvalue weighted by Crippen LogP contribution is -2.64. The van der Waals surface area contributed by atoms with E-state index in [9.17, 15) is 46.0 Å². The molecule has 55 heavy (non-hydrogen) atoms. The van der Waals surface area contributed by atoms with Crippen LogP contribution in [-0.2, 0) is 23.7 Å². The van der Waals surface area contributed by atoms with Crippen LogP contribution in [0.25, 0.3) is 0 Å². The molecule has 21 atom stereocenters. The summed E-state index contributed by atoms with van der Waals surface area (Å²) in [5, 5.41) is 97.9. The Morgan fingerprint density at radius 3 is 2.07 bits per heavy atom. The Bertz CT molecular complexity index is 1460. The zero-order chi connectivity index (χ0) is 40.1. The topological polar surface area (TPSA) is 228 Å². The van der Waals surface area contributed by atoms with Crippen molar-refractivity contribution in [2.24, 2.45) is 44.8 Å². The first-order valence-corrected chi connectivity index (χ1v) is 20.9. The molecule has 0 bridgehead atoms. The predicted molar refractivity (Wildman–Crippen MR) is 194 cm³/mol. The maximum absolute atomic E-state index is 12.4. The molecule has 0 amide bonds. The van der Waals surface area contributed by atoms with Crippen LogP contribution in [-0.4, -0.2) is 150 Å². The van der Waals surface area contributed by atoms with Gasteiger partial charge in [-0.05, 0) is 117 Å². The molecule has 8 rings (SSSR count). The van der Waals surface area contributed by atoms with Gasteiger partial charge in [-0.1, -0.05) is 27.7 Å². The second-order valence-corrected chi connectivity index (χ2v) is 21.1. The third-order valence-corrected chi connectivity index (χ3v) is 17.6. The third kappa shape index (κ3) is 5.70. The lowest BCUT2D eigenvalue weighted by molar-refractivity contribution is -0.366. The van der Waals surface area contributed by atoms with Crippen LogP contribution in [0.15, 0.2) is 0 Å². The summed E-state index contributed by atoms with van der Waals surface area (Å²) in [6.45, 7) is 13.8. The summed E-state index contributed by atoms with van der Waals surface area (Å²) in [6.07, 6.45) is -7.87. The highest BCUT2D eigenvalue weighted by Crippen LogP contribution is 2.89. The zero-order valence-corrected chi connectivity index (χ0v) is 33.6. The number of ether oxygens (including phenoxy) is 5. The Kier molecular flexibility index (Phi) is 9.90. The van der Waals surface area contributed by atoms with Gasteiger partial charge in [0.05, 0.1) is 48.8 Å². The maximum Gasteiger partial charge on any atom is 0.187 e. The molecule has 8 fully saturated rings. The lowest BCUT2D eigenvalue weighted by atomic mass is 9.41. The molecular formula is C41H68O14. The minimum Gasteiger partial charge on any atom is -0.394 e. The second kappa shape index (κ2) is 13.2. The summed E-state index contributed by atoms with van der Waals surface area (Å²) < 4.78 is 30.9. The Hall–Kier alpha value is -0.560. The highest BCUT2D eigenvalue weighted by atomic mass is 16.8. The van der Waals surface area contributed by atoms with Crippen molar-refractivity contribution in [1.82, 2.24) is 0 Å². The standard InChI is InChI=1S/C41H68O14/c1-35(2)24(53-34-30(26(46)21(45)17-51-34)54-33-29(49)28(48)27(47)22(16-42)52-33)9-11-41-18-40(41)13-12-37(5)32(39(7)10-8-25(55-39)36(3,4)50)20(44)15-38(37,6)23(40)14-19(43)31(35)41/h19-34,42-50H,8-18H2,1-7H3/t19-,20-,21?,22?,23?,24-,25?,26?,27?,28?,29?,30?,31?,32?,33?,34?,37+,38-,39?,40?,41?/m0/s1. The van der Waals surface area contributed by atoms with Crippen LogP contribution in [0.4, 0.5) is 0 Å². The molecule has 0 radical (unpaired) electrons. The van der Waals surface area contributed by atoms with Crippen molar-refractivity contribution < 1.29 is 69.6 Å². The summed E-state index contributed by atoms with van der Waals surface area (Å²) in [5.41, 5.74) is -2.64. The molecule has 8 aliphatic rings. The quantitative estimate of drug-likeness (QED) is 0.162. The molecule has 2 spiro atoms. The van der Waals surface area contributed by atoms with Gasteiger partial charge in [-0.2, -0.15) is 0 Å². The molecule has 316 valence electrons. The first-order chi connectivity index (χ1) is 25.5. The van der Waals surface area contributed by atoms with Crippen LogP contribution >= 0.6 is 0 Å². The van der Waals surface area contributed by atoms with E-state index in [4.69, 9.17) is 23.7 Å². The monoisotopic (exact) mass is 784 g/mol. The highest BCUT2D eigenvalue weighted by molar-refractivity contribution is 5.33. The van der Waals surface area contributed by atoms with Crippen molar-refractivity contribution in [2.45, 2.75) is 197 Å². The van der Waals surface area contributed by atoms with Gasteiger partial charge in [0, 0.05) is 5.92 Å². The molecule has 0 aromatic carbocycles. The van der Waals surface area contributed by atoms with Gasteiger partial charge >= 0.3 is 0 Å². The van der Waals surface area contributed by atoms with Crippen molar-refractivity contribution in [3.05, 3.63) is 0 Å². The molecule has 9 N–H and O–H groups in total. The van der Waals surface area contributed by atoms with Crippen molar-refractivity contribution in [3.63, 3.8) is 0 Å². The van der Waals surface area contributed by atoms with E-state index in [1.165, 1.54) is 0 Å². The van der Waals surface area contributed by atoms with E-state index < -0.39 is 96.8 Å². The van der Waals surface area contributed by atoms with Gasteiger partial charge in [-0.15, -0.1) is 0 Å². The minimum atomic E-state index is -1.72. The van der Waals surface area contributed by atoms with Crippen LogP contribution in [0.5, 0.6) is 0 Å². The Labute approximate surface area is 324 Å². The smallest absolute Gasteiger partial charge is 0.187 e. The number of hydrogen-bond donors (Lipinski definition) is 9. The summed E-state index contributed by atoms with van der Waals surface area (Å²) in [5.74, 6) is 0.0159. The minimum absolute atomic E-state index is 0.0193. The Morgan fingerprint density at radius 1 is 0.709 bits per heavy atom. The average molecular weight is 785 g/mol. The van der Waals surface area contributed by atoms with Crippen molar-refractivity contribution in [1.29, 1.82) is 0 Å². The molecule has 14 heteroatoms. The maximum atomic E-state index is 12.4. The molecule has 16 unspecified atom stereocenters. The summed E-state index contributed by atoms with van der Waals surface area (Å²) in [4.78, 5) is 0. The second-order valence-electron chi connectivity index (χ2n) is 21.1. The number of fused-ring (bicyclic) bond motifs is 2. The molecular weight excluding hydrogens is 716 g/mol. The molecule has 14 nitrogen and oxygen atoms in total. The predicted octanol–water partition coefficient (Wildman–Crippen LogP) is 0.724. The van der Waals surface area contributed by atoms with Gasteiger partial charge in [0.15, 0.2) is 12.6 Å². The van der Waals surface area contributed by atoms with E-state index >= 15 is 0 Å². The molecule has 3 heterocycles. The van der Waals surface area contributed by atoms with Crippen LogP contribution in [0.3, 0.4) is 0 Å². The van der Waals surface area contributed by atoms with E-state index in [1.807, 2.05) is 0 Å². The fourth-order valence-electron chi connectivity index (χ4n) is 14.9. The first kappa shape index (κ1) is 41.2. The van der Waals surface area contributed by atoms with Gasteiger partial charge in [-0.25, -0.2) is 0 Å². The SMILES string of the molecule is CC(C)(O)C1CCC(C)(C2[C@@H](O)C[C@@]3(C)C4C[C@H](O)C5C(C)(C)[C@@H](OC6OCC(O)C(O)C6OC6OC(CO)C(O)C(O)C6O)CCC56CC46CC[C@]23C)O1. The lowest BCUT2D eigenvalue weighted by Gasteiger charge is -2.64. The van der Waals surface area contributed by atoms with Crippen molar-refractivity contribution >= 4 is 0 Å². The number of hydrogen-bond acceptors (Lipinski definition) is 14. The number of rotatable bonds is 7. The zero-order valence-electron chi connectivity index (χ0n) is 33.6. The van der Waals surface area contributed by atoms with E-state index in [2.05, 4.69) is 34.6 Å². The summed E-state index contributed by atoms with van der Waals surface area (Å²) in [6, 6.07) is 0. The van der Waals surface area contributed by atoms with E-state index in [0.29, 0.717) is 19.3 Å². The Morgan fingerprint density at radius 2 is 1.42 bits per heavy atom. The largest absolute Gasteiger partial charge is 0.394 e. The number of aliphatic hydroxyl groups is 9. The van der Waals surface area contributed by atoms with Crippen LogP contribution < -0.4 is 0 Å². The molecule has 5 saturated carbocycles. The highest BCUT2D eigenvalue weighted by Gasteiger charge is 2.85. The molecule has 5 aliphatic carbocycles. The summed E-state index contributed by atoms with van der Waals surface area (Å²) >= 11 is 0. The van der Waals surface area contributed by atoms with Gasteiger partial charge in [-0.3, -0.25) is 0 Å². The fourth-order valence-corrected chi connectivity index (χ4v) is 14.9. The van der Waals surface area contributed by atoms with Gasteiger partial charge < -0.3 is 69.6 Å². The number of aliphatic hydroxyl groups excluding tert-OH is 8. The van der Waals surface area contributed by atoms with Gasteiger partial charge in [0.25, 0.3) is 0 Å². The molecule has 0 aromatic heterocycles. The van der Waals surface area contributed by atoms with Crippen LogP contribution in [0.1, 0.15) is 106 Å². The van der Waals surface area contributed by atoms with Crippen molar-refractivity contribution in [2.75, 3.05) is 13.2 Å². The third-order valence-electron chi connectivity index (χ3n) is 17.6. The molecule has 3 aliphatic heterocycles. The van der Waals surface area contributed by atoms with Gasteiger partial charge in [0.1, 0.15) is 42.7 Å². The van der Waals surface area contributed by atoms with Crippen LogP contribution in [0, 0.1) is 44.8 Å². The first-order valence-electron chi connectivity index (χ1n) is 20.9. The normalized spacial score (nSPS) is 58.7. The van der Waals surface area contributed by atoms with Crippen molar-refractivity contribution in [3.8, 4) is 0 Å². The average Bonchev–Trinajstić information content (AvgIpc) is 3.45. The van der Waals surface area contributed by atoms with E-state index in [-0.39, 0.29) is 52.1 Å². The van der Waals surface area contributed by atoms with E-state index in [1.54, 1.807) is 13.8 Å². The van der Waals surface area contributed by atoms with E-state index in [0.717, 1.165) is 38.5 Å². The summed E-state index contributed by atoms with van der Waals surface area (Å²) in [7, 11) is 0. The molecule has 0 aromatic rings. The Balaban J connectivity index is 1.02. The fraction of sp³-hybridized carbons (Fsp3) is 1.00.